The molecule has 0 aromatic heterocycles. The molecule has 1 N–H and O–H groups in total. The van der Waals surface area contributed by atoms with Gasteiger partial charge in [0.25, 0.3) is 5.91 Å². The van der Waals surface area contributed by atoms with Crippen molar-refractivity contribution in [3.8, 4) is 17.2 Å². The van der Waals surface area contributed by atoms with E-state index in [1.165, 1.54) is 30.9 Å². The van der Waals surface area contributed by atoms with Crippen LogP contribution in [-0.2, 0) is 9.59 Å². The summed E-state index contributed by atoms with van der Waals surface area (Å²) >= 11 is 7.23. The number of methoxy groups -OCH3 is 2. The van der Waals surface area contributed by atoms with Crippen LogP contribution < -0.4 is 14.2 Å². The van der Waals surface area contributed by atoms with Crippen molar-refractivity contribution in [2.45, 2.75) is 11.4 Å². The molecule has 2 atom stereocenters. The maximum atomic E-state index is 12.9. The number of carbonyl (C=O) groups is 2. The molecule has 154 valence electrons. The predicted octanol–water partition coefficient (Wildman–Crippen LogP) is 3.46. The van der Waals surface area contributed by atoms with Crippen LogP contribution in [0.15, 0.2) is 42.5 Å². The van der Waals surface area contributed by atoms with Gasteiger partial charge in [-0.15, -0.1) is 11.8 Å². The average molecular weight is 438 g/mol. The lowest BCUT2D eigenvalue weighted by Crippen LogP contribution is -2.45. The number of hydrogen-bond acceptors (Lipinski definition) is 6. The first-order chi connectivity index (χ1) is 13.9. The molecule has 2 aromatic carbocycles. The first-order valence-electron chi connectivity index (χ1n) is 8.70. The summed E-state index contributed by atoms with van der Waals surface area (Å²) in [7, 11) is 3.05. The Kier molecular flexibility index (Phi) is 6.76. The lowest BCUT2D eigenvalue weighted by atomic mass is 10.1. The van der Waals surface area contributed by atoms with Gasteiger partial charge in [-0.1, -0.05) is 17.7 Å². The molecular weight excluding hydrogens is 418 g/mol. The number of hydrogen-bond donors (Lipinski definition) is 1. The number of thioether (sulfide) groups is 1. The summed E-state index contributed by atoms with van der Waals surface area (Å²) in [6.07, 6.45) is 0. The van der Waals surface area contributed by atoms with Gasteiger partial charge in [0.1, 0.15) is 17.2 Å². The quantitative estimate of drug-likeness (QED) is 0.709. The van der Waals surface area contributed by atoms with Crippen LogP contribution in [-0.4, -0.2) is 54.5 Å². The van der Waals surface area contributed by atoms with E-state index in [0.717, 1.165) is 5.56 Å². The standard InChI is InChI=1S/C20H20ClNO6S/c1-26-16-8-3-12(9-17(16)27-2)19-22(15(11-29-19)20(24)25)18(23)10-28-14-6-4-13(21)5-7-14/h3-9,15,19H,10-11H2,1-2H3,(H,24,25). The molecule has 0 spiro atoms. The molecule has 7 nitrogen and oxygen atoms in total. The fraction of sp³-hybridized carbons (Fsp3) is 0.300. The topological polar surface area (TPSA) is 85.3 Å². The molecule has 1 aliphatic rings. The van der Waals surface area contributed by atoms with Gasteiger partial charge in [-0.25, -0.2) is 4.79 Å². The van der Waals surface area contributed by atoms with Crippen molar-refractivity contribution in [1.82, 2.24) is 4.90 Å². The number of halogens is 1. The van der Waals surface area contributed by atoms with Crippen molar-refractivity contribution >= 4 is 35.2 Å². The van der Waals surface area contributed by atoms with Gasteiger partial charge >= 0.3 is 5.97 Å². The Morgan fingerprint density at radius 3 is 2.45 bits per heavy atom. The molecule has 29 heavy (non-hydrogen) atoms. The molecule has 3 rings (SSSR count). The summed E-state index contributed by atoms with van der Waals surface area (Å²) in [6, 6.07) is 10.9. The summed E-state index contributed by atoms with van der Waals surface area (Å²) in [5.74, 6) is 0.342. The van der Waals surface area contributed by atoms with Gasteiger partial charge in [0, 0.05) is 10.8 Å². The second-order valence-electron chi connectivity index (χ2n) is 6.20. The summed E-state index contributed by atoms with van der Waals surface area (Å²) in [4.78, 5) is 26.0. The lowest BCUT2D eigenvalue weighted by molar-refractivity contribution is -0.150. The van der Waals surface area contributed by atoms with Crippen LogP contribution in [0.4, 0.5) is 0 Å². The second-order valence-corrected chi connectivity index (χ2v) is 7.75. The predicted molar refractivity (Wildman–Crippen MR) is 110 cm³/mol. The average Bonchev–Trinajstić information content (AvgIpc) is 3.18. The molecule has 0 saturated carbocycles. The Labute approximate surface area is 177 Å². The number of benzene rings is 2. The van der Waals surface area contributed by atoms with E-state index in [9.17, 15) is 14.7 Å². The highest BCUT2D eigenvalue weighted by Crippen LogP contribution is 2.43. The van der Waals surface area contributed by atoms with E-state index in [-0.39, 0.29) is 12.4 Å². The zero-order valence-corrected chi connectivity index (χ0v) is 17.4. The Morgan fingerprint density at radius 2 is 1.83 bits per heavy atom. The Hall–Kier alpha value is -2.58. The Bertz CT molecular complexity index is 891. The van der Waals surface area contributed by atoms with E-state index >= 15 is 0 Å². The van der Waals surface area contributed by atoms with Crippen LogP contribution >= 0.6 is 23.4 Å². The molecular formula is C20H20ClNO6S. The maximum absolute atomic E-state index is 12.9. The zero-order valence-electron chi connectivity index (χ0n) is 15.8. The first kappa shape index (κ1) is 21.1. The van der Waals surface area contributed by atoms with E-state index in [1.54, 1.807) is 42.5 Å². The van der Waals surface area contributed by atoms with Crippen molar-refractivity contribution in [1.29, 1.82) is 0 Å². The minimum atomic E-state index is -1.06. The van der Waals surface area contributed by atoms with Crippen LogP contribution in [0.25, 0.3) is 0 Å². The van der Waals surface area contributed by atoms with Crippen molar-refractivity contribution in [2.75, 3.05) is 26.6 Å². The molecule has 0 aliphatic carbocycles. The van der Waals surface area contributed by atoms with Crippen LogP contribution in [0, 0.1) is 0 Å². The van der Waals surface area contributed by atoms with E-state index in [4.69, 9.17) is 25.8 Å². The fourth-order valence-corrected chi connectivity index (χ4v) is 4.57. The van der Waals surface area contributed by atoms with Crippen LogP contribution in [0.5, 0.6) is 17.2 Å². The van der Waals surface area contributed by atoms with Crippen LogP contribution in [0.3, 0.4) is 0 Å². The van der Waals surface area contributed by atoms with Gasteiger partial charge in [-0.3, -0.25) is 4.79 Å². The molecule has 0 bridgehead atoms. The van der Waals surface area contributed by atoms with Crippen LogP contribution in [0.2, 0.25) is 5.02 Å². The maximum Gasteiger partial charge on any atom is 0.327 e. The Morgan fingerprint density at radius 1 is 1.14 bits per heavy atom. The van der Waals surface area contributed by atoms with E-state index in [1.807, 2.05) is 0 Å². The summed E-state index contributed by atoms with van der Waals surface area (Å²) < 4.78 is 16.1. The molecule has 1 saturated heterocycles. The molecule has 2 aromatic rings. The minimum Gasteiger partial charge on any atom is -0.493 e. The van der Waals surface area contributed by atoms with Gasteiger partial charge in [0.2, 0.25) is 0 Å². The van der Waals surface area contributed by atoms with E-state index in [2.05, 4.69) is 0 Å². The number of carboxylic acid groups (broad SMARTS) is 1. The van der Waals surface area contributed by atoms with Gasteiger partial charge < -0.3 is 24.2 Å². The number of rotatable bonds is 7. The second kappa shape index (κ2) is 9.28. The molecule has 0 radical (unpaired) electrons. The number of ether oxygens (including phenoxy) is 3. The summed E-state index contributed by atoms with van der Waals surface area (Å²) in [5, 5.41) is 9.67. The van der Waals surface area contributed by atoms with Gasteiger partial charge in [0.15, 0.2) is 18.1 Å². The molecule has 2 unspecified atom stereocenters. The number of carbonyl (C=O) groups excluding carboxylic acids is 1. The van der Waals surface area contributed by atoms with E-state index < -0.39 is 23.3 Å². The van der Waals surface area contributed by atoms with Crippen molar-refractivity contribution < 1.29 is 28.9 Å². The third-order valence-corrected chi connectivity index (χ3v) is 6.02. The largest absolute Gasteiger partial charge is 0.493 e. The minimum absolute atomic E-state index is 0.279. The molecule has 9 heteroatoms. The van der Waals surface area contributed by atoms with Crippen molar-refractivity contribution in [2.24, 2.45) is 0 Å². The third-order valence-electron chi connectivity index (χ3n) is 4.44. The third kappa shape index (κ3) is 4.71. The smallest absolute Gasteiger partial charge is 0.327 e. The Balaban J connectivity index is 1.82. The fourth-order valence-electron chi connectivity index (χ4n) is 3.01. The van der Waals surface area contributed by atoms with Gasteiger partial charge in [0.05, 0.1) is 14.2 Å². The zero-order chi connectivity index (χ0) is 21.0. The van der Waals surface area contributed by atoms with Gasteiger partial charge in [-0.05, 0) is 42.0 Å². The number of nitrogens with zero attached hydrogens (tertiary/aromatic N) is 1. The normalized spacial score (nSPS) is 18.4. The molecule has 1 aliphatic heterocycles. The van der Waals surface area contributed by atoms with E-state index in [0.29, 0.717) is 22.3 Å². The molecule has 1 amide bonds. The summed E-state index contributed by atoms with van der Waals surface area (Å²) in [6.45, 7) is -0.282. The number of amides is 1. The number of aliphatic carboxylic acids is 1. The molecule has 1 heterocycles. The monoisotopic (exact) mass is 437 g/mol. The highest BCUT2D eigenvalue weighted by atomic mass is 35.5. The highest BCUT2D eigenvalue weighted by molar-refractivity contribution is 7.99. The van der Waals surface area contributed by atoms with Crippen molar-refractivity contribution in [3.05, 3.63) is 53.1 Å². The molecule has 1 fully saturated rings. The van der Waals surface area contributed by atoms with Crippen molar-refractivity contribution in [3.63, 3.8) is 0 Å². The van der Waals surface area contributed by atoms with Crippen LogP contribution in [0.1, 0.15) is 10.9 Å². The highest BCUT2D eigenvalue weighted by Gasteiger charge is 2.42. The summed E-state index contributed by atoms with van der Waals surface area (Å²) in [5.41, 5.74) is 0.747. The SMILES string of the molecule is COc1ccc(C2SCC(C(=O)O)N2C(=O)COc2ccc(Cl)cc2)cc1OC. The number of carboxylic acids is 1. The first-order valence-corrected chi connectivity index (χ1v) is 10.1. The van der Waals surface area contributed by atoms with Gasteiger partial charge in [-0.2, -0.15) is 0 Å². The lowest BCUT2D eigenvalue weighted by Gasteiger charge is -2.28.